The summed E-state index contributed by atoms with van der Waals surface area (Å²) in [6.45, 7) is 1.28. The number of carbonyl (C=O) groups is 1. The number of halogens is 1. The number of methoxy groups -OCH3 is 2. The van der Waals surface area contributed by atoms with Gasteiger partial charge in [-0.1, -0.05) is 6.07 Å². The fourth-order valence-electron chi connectivity index (χ4n) is 3.98. The number of piperidine rings is 1. The molecule has 1 aromatic heterocycles. The normalized spacial score (nSPS) is 17.0. The minimum atomic E-state index is -0.248. The van der Waals surface area contributed by atoms with Gasteiger partial charge in [-0.05, 0) is 49.2 Å². The van der Waals surface area contributed by atoms with Crippen molar-refractivity contribution in [1.82, 2.24) is 9.88 Å². The fraction of sp³-hybridized carbons (Fsp3) is 0.318. The number of aromatic nitrogens is 1. The number of fused-ring (bicyclic) bond motifs is 1. The number of H-pyrrole nitrogens is 1. The van der Waals surface area contributed by atoms with Crippen molar-refractivity contribution in [2.75, 3.05) is 27.3 Å². The van der Waals surface area contributed by atoms with Gasteiger partial charge in [-0.15, -0.1) is 0 Å². The van der Waals surface area contributed by atoms with Crippen molar-refractivity contribution < 1.29 is 18.7 Å². The summed E-state index contributed by atoms with van der Waals surface area (Å²) in [6, 6.07) is 12.1. The first-order valence-electron chi connectivity index (χ1n) is 9.39. The van der Waals surface area contributed by atoms with E-state index in [4.69, 9.17) is 9.47 Å². The summed E-state index contributed by atoms with van der Waals surface area (Å²) in [6.07, 6.45) is 1.87. The maximum atomic E-state index is 13.5. The van der Waals surface area contributed by atoms with Gasteiger partial charge in [-0.25, -0.2) is 4.39 Å². The Labute approximate surface area is 163 Å². The Kier molecular flexibility index (Phi) is 4.94. The molecule has 0 bridgehead atoms. The molecule has 3 aromatic rings. The van der Waals surface area contributed by atoms with E-state index >= 15 is 0 Å². The molecule has 1 amide bonds. The van der Waals surface area contributed by atoms with E-state index in [2.05, 4.69) is 4.98 Å². The Hall–Kier alpha value is -3.02. The Bertz CT molecular complexity index is 992. The van der Waals surface area contributed by atoms with Crippen LogP contribution in [0.5, 0.6) is 11.5 Å². The molecule has 6 heteroatoms. The minimum absolute atomic E-state index is 0.0962. The first-order chi connectivity index (χ1) is 13.6. The molecule has 1 unspecified atom stereocenters. The summed E-state index contributed by atoms with van der Waals surface area (Å²) < 4.78 is 24.3. The molecule has 1 atom stereocenters. The van der Waals surface area contributed by atoms with Gasteiger partial charge in [0.2, 0.25) is 0 Å². The third-order valence-electron chi connectivity index (χ3n) is 5.39. The molecule has 146 valence electrons. The number of hydrogen-bond acceptors (Lipinski definition) is 3. The molecule has 4 rings (SSSR count). The summed E-state index contributed by atoms with van der Waals surface area (Å²) in [5.74, 6) is 0.844. The molecular formula is C22H23FN2O3. The van der Waals surface area contributed by atoms with E-state index in [0.717, 1.165) is 29.4 Å². The zero-order valence-electron chi connectivity index (χ0n) is 16.0. The first-order valence-corrected chi connectivity index (χ1v) is 9.39. The molecule has 0 radical (unpaired) electrons. The second-order valence-corrected chi connectivity index (χ2v) is 7.08. The molecule has 2 heterocycles. The fourth-order valence-corrected chi connectivity index (χ4v) is 3.98. The zero-order chi connectivity index (χ0) is 19.7. The highest BCUT2D eigenvalue weighted by molar-refractivity contribution is 5.99. The quantitative estimate of drug-likeness (QED) is 0.730. The Balaban J connectivity index is 1.61. The van der Waals surface area contributed by atoms with Crippen molar-refractivity contribution in [2.24, 2.45) is 0 Å². The van der Waals surface area contributed by atoms with Crippen LogP contribution in [0.4, 0.5) is 4.39 Å². The van der Waals surface area contributed by atoms with E-state index in [1.54, 1.807) is 38.5 Å². The van der Waals surface area contributed by atoms with Crippen LogP contribution >= 0.6 is 0 Å². The van der Waals surface area contributed by atoms with Crippen LogP contribution in [0, 0.1) is 5.82 Å². The number of amides is 1. The molecular weight excluding hydrogens is 359 g/mol. The van der Waals surface area contributed by atoms with E-state index in [1.165, 1.54) is 12.1 Å². The molecule has 1 saturated heterocycles. The van der Waals surface area contributed by atoms with Gasteiger partial charge in [-0.2, -0.15) is 0 Å². The summed E-state index contributed by atoms with van der Waals surface area (Å²) in [4.78, 5) is 18.5. The summed E-state index contributed by atoms with van der Waals surface area (Å²) in [7, 11) is 3.10. The first kappa shape index (κ1) is 18.3. The molecule has 1 fully saturated rings. The molecule has 0 saturated carbocycles. The molecule has 0 aliphatic carbocycles. The second kappa shape index (κ2) is 7.54. The highest BCUT2D eigenvalue weighted by atomic mass is 19.1. The Morgan fingerprint density at radius 3 is 2.61 bits per heavy atom. The van der Waals surface area contributed by atoms with Crippen LogP contribution in [0.1, 0.15) is 34.8 Å². The van der Waals surface area contributed by atoms with Gasteiger partial charge in [0.05, 0.1) is 14.2 Å². The number of likely N-dealkylation sites (tertiary alicyclic amines) is 1. The van der Waals surface area contributed by atoms with Gasteiger partial charge >= 0.3 is 0 Å². The highest BCUT2D eigenvalue weighted by Crippen LogP contribution is 2.33. The van der Waals surface area contributed by atoms with Gasteiger partial charge in [0.25, 0.3) is 5.91 Å². The lowest BCUT2D eigenvalue weighted by molar-refractivity contribution is 0.0699. The largest absolute Gasteiger partial charge is 0.496 e. The van der Waals surface area contributed by atoms with Crippen LogP contribution in [0.3, 0.4) is 0 Å². The standard InChI is InChI=1S/C22H23FN2O3/c1-27-19-6-3-7-20(28-2)21(19)22(26)25-10-4-5-14(13-25)18-12-15-11-16(23)8-9-17(15)24-18/h3,6-9,11-12,14,24H,4-5,10,13H2,1-2H3. The van der Waals surface area contributed by atoms with Gasteiger partial charge < -0.3 is 19.4 Å². The minimum Gasteiger partial charge on any atom is -0.496 e. The maximum absolute atomic E-state index is 13.5. The molecule has 5 nitrogen and oxygen atoms in total. The second-order valence-electron chi connectivity index (χ2n) is 7.08. The van der Waals surface area contributed by atoms with E-state index in [0.29, 0.717) is 30.2 Å². The number of aromatic amines is 1. The number of ether oxygens (including phenoxy) is 2. The maximum Gasteiger partial charge on any atom is 0.261 e. The number of nitrogens with zero attached hydrogens (tertiary/aromatic N) is 1. The third kappa shape index (κ3) is 3.30. The molecule has 1 aliphatic heterocycles. The Morgan fingerprint density at radius 2 is 1.89 bits per heavy atom. The lowest BCUT2D eigenvalue weighted by Crippen LogP contribution is -2.39. The van der Waals surface area contributed by atoms with Crippen LogP contribution < -0.4 is 9.47 Å². The highest BCUT2D eigenvalue weighted by Gasteiger charge is 2.29. The third-order valence-corrected chi connectivity index (χ3v) is 5.39. The predicted octanol–water partition coefficient (Wildman–Crippen LogP) is 4.34. The number of rotatable bonds is 4. The number of carbonyl (C=O) groups excluding carboxylic acids is 1. The van der Waals surface area contributed by atoms with E-state index < -0.39 is 0 Å². The van der Waals surface area contributed by atoms with Crippen molar-refractivity contribution >= 4 is 16.8 Å². The van der Waals surface area contributed by atoms with E-state index in [1.807, 2.05) is 11.0 Å². The van der Waals surface area contributed by atoms with Crippen molar-refractivity contribution in [2.45, 2.75) is 18.8 Å². The smallest absolute Gasteiger partial charge is 0.261 e. The van der Waals surface area contributed by atoms with Gasteiger partial charge in [0, 0.05) is 35.6 Å². The van der Waals surface area contributed by atoms with Crippen LogP contribution in [0.2, 0.25) is 0 Å². The average molecular weight is 382 g/mol. The predicted molar refractivity (Wildman–Crippen MR) is 106 cm³/mol. The average Bonchev–Trinajstić information content (AvgIpc) is 3.16. The van der Waals surface area contributed by atoms with Gasteiger partial charge in [0.1, 0.15) is 22.9 Å². The van der Waals surface area contributed by atoms with Crippen molar-refractivity contribution in [3.63, 3.8) is 0 Å². The lowest BCUT2D eigenvalue weighted by Gasteiger charge is -2.33. The Morgan fingerprint density at radius 1 is 1.14 bits per heavy atom. The summed E-state index contributed by atoms with van der Waals surface area (Å²) >= 11 is 0. The van der Waals surface area contributed by atoms with Gasteiger partial charge in [-0.3, -0.25) is 4.79 Å². The monoisotopic (exact) mass is 382 g/mol. The summed E-state index contributed by atoms with van der Waals surface area (Å²) in [5.41, 5.74) is 2.39. The SMILES string of the molecule is COc1cccc(OC)c1C(=O)N1CCCC(c2cc3cc(F)ccc3[nH]2)C1. The van der Waals surface area contributed by atoms with Crippen molar-refractivity contribution in [1.29, 1.82) is 0 Å². The van der Waals surface area contributed by atoms with Crippen LogP contribution in [0.25, 0.3) is 10.9 Å². The molecule has 1 aliphatic rings. The molecule has 1 N–H and O–H groups in total. The number of nitrogens with one attached hydrogen (secondary N) is 1. The van der Waals surface area contributed by atoms with Crippen molar-refractivity contribution in [3.8, 4) is 11.5 Å². The molecule has 28 heavy (non-hydrogen) atoms. The van der Waals surface area contributed by atoms with Gasteiger partial charge in [0.15, 0.2) is 0 Å². The summed E-state index contributed by atoms with van der Waals surface area (Å²) in [5, 5.41) is 0.852. The zero-order valence-corrected chi connectivity index (χ0v) is 16.0. The van der Waals surface area contributed by atoms with E-state index in [-0.39, 0.29) is 17.6 Å². The van der Waals surface area contributed by atoms with Crippen LogP contribution in [-0.2, 0) is 0 Å². The van der Waals surface area contributed by atoms with Crippen LogP contribution in [-0.4, -0.2) is 43.1 Å². The number of hydrogen-bond donors (Lipinski definition) is 1. The number of benzene rings is 2. The van der Waals surface area contributed by atoms with Crippen LogP contribution in [0.15, 0.2) is 42.5 Å². The topological polar surface area (TPSA) is 54.6 Å². The lowest BCUT2D eigenvalue weighted by atomic mass is 9.94. The molecule has 0 spiro atoms. The van der Waals surface area contributed by atoms with Crippen molar-refractivity contribution in [3.05, 3.63) is 59.5 Å². The van der Waals surface area contributed by atoms with E-state index in [9.17, 15) is 9.18 Å². The molecule has 2 aromatic carbocycles.